The monoisotopic (exact) mass is 270 g/mol. The third-order valence-corrected chi connectivity index (χ3v) is 3.43. The summed E-state index contributed by atoms with van der Waals surface area (Å²) in [6.45, 7) is 2.79. The first-order valence-corrected chi connectivity index (χ1v) is 6.99. The minimum absolute atomic E-state index is 0.574. The van der Waals surface area contributed by atoms with Crippen LogP contribution in [0.2, 0.25) is 0 Å². The quantitative estimate of drug-likeness (QED) is 0.915. The number of rotatable bonds is 4. The Kier molecular flexibility index (Phi) is 4.01. The van der Waals surface area contributed by atoms with Crippen molar-refractivity contribution < 1.29 is 0 Å². The van der Waals surface area contributed by atoms with Crippen molar-refractivity contribution in [1.82, 2.24) is 20.2 Å². The van der Waals surface area contributed by atoms with E-state index >= 15 is 0 Å². The van der Waals surface area contributed by atoms with Gasteiger partial charge in [0.1, 0.15) is 0 Å². The van der Waals surface area contributed by atoms with Gasteiger partial charge in [0.25, 0.3) is 0 Å². The van der Waals surface area contributed by atoms with E-state index in [1.54, 1.807) is 18.6 Å². The van der Waals surface area contributed by atoms with E-state index in [1.165, 1.54) is 19.3 Å². The van der Waals surface area contributed by atoms with Crippen LogP contribution in [0.5, 0.6) is 0 Å². The number of anilines is 2. The fourth-order valence-electron chi connectivity index (χ4n) is 2.33. The standard InChI is InChI=1S/C14H18N6/c1-2-8-20(9-3-1)13-11-17-19-14(18-13)16-10-12-4-6-15-7-5-12/h4-7,11H,1-3,8-10H2,(H,16,18,19). The molecule has 3 heterocycles. The van der Waals surface area contributed by atoms with Crippen LogP contribution < -0.4 is 10.2 Å². The number of piperidine rings is 1. The van der Waals surface area contributed by atoms with Gasteiger partial charge >= 0.3 is 0 Å². The fourth-order valence-corrected chi connectivity index (χ4v) is 2.33. The molecule has 3 rings (SSSR count). The molecule has 1 saturated heterocycles. The van der Waals surface area contributed by atoms with Gasteiger partial charge in [0.2, 0.25) is 5.95 Å². The van der Waals surface area contributed by atoms with Crippen LogP contribution in [0.1, 0.15) is 24.8 Å². The zero-order valence-electron chi connectivity index (χ0n) is 11.4. The molecule has 1 fully saturated rings. The summed E-state index contributed by atoms with van der Waals surface area (Å²) in [5.41, 5.74) is 1.15. The van der Waals surface area contributed by atoms with Crippen LogP contribution in [-0.2, 0) is 6.54 Å². The smallest absolute Gasteiger partial charge is 0.244 e. The Labute approximate surface area is 118 Å². The fraction of sp³-hybridized carbons (Fsp3) is 0.429. The minimum atomic E-state index is 0.574. The second kappa shape index (κ2) is 6.27. The Balaban J connectivity index is 1.65. The van der Waals surface area contributed by atoms with Crippen molar-refractivity contribution in [1.29, 1.82) is 0 Å². The summed E-state index contributed by atoms with van der Waals surface area (Å²) in [7, 11) is 0. The van der Waals surface area contributed by atoms with Crippen LogP contribution >= 0.6 is 0 Å². The molecule has 0 amide bonds. The van der Waals surface area contributed by atoms with Crippen LogP contribution in [0.3, 0.4) is 0 Å². The van der Waals surface area contributed by atoms with Crippen molar-refractivity contribution in [2.75, 3.05) is 23.3 Å². The van der Waals surface area contributed by atoms with E-state index in [1.807, 2.05) is 12.1 Å². The number of nitrogens with one attached hydrogen (secondary N) is 1. The lowest BCUT2D eigenvalue weighted by atomic mass is 10.1. The Morgan fingerprint density at radius 3 is 2.70 bits per heavy atom. The average Bonchev–Trinajstić information content (AvgIpc) is 2.55. The molecule has 6 heteroatoms. The second-order valence-corrected chi connectivity index (χ2v) is 4.89. The summed E-state index contributed by atoms with van der Waals surface area (Å²) < 4.78 is 0. The highest BCUT2D eigenvalue weighted by Gasteiger charge is 2.13. The van der Waals surface area contributed by atoms with Crippen molar-refractivity contribution in [3.05, 3.63) is 36.3 Å². The summed E-state index contributed by atoms with van der Waals surface area (Å²) in [6, 6.07) is 3.93. The molecule has 104 valence electrons. The summed E-state index contributed by atoms with van der Waals surface area (Å²) in [6.07, 6.45) is 9.05. The zero-order valence-corrected chi connectivity index (χ0v) is 11.4. The third-order valence-electron chi connectivity index (χ3n) is 3.43. The van der Waals surface area contributed by atoms with Crippen molar-refractivity contribution in [3.63, 3.8) is 0 Å². The largest absolute Gasteiger partial charge is 0.355 e. The average molecular weight is 270 g/mol. The molecule has 0 aliphatic carbocycles. The Morgan fingerprint density at radius 2 is 1.90 bits per heavy atom. The van der Waals surface area contributed by atoms with E-state index in [0.717, 1.165) is 24.5 Å². The number of hydrogen-bond acceptors (Lipinski definition) is 6. The highest BCUT2D eigenvalue weighted by molar-refractivity contribution is 5.40. The number of nitrogens with zero attached hydrogens (tertiary/aromatic N) is 5. The molecule has 2 aromatic heterocycles. The maximum atomic E-state index is 4.54. The lowest BCUT2D eigenvalue weighted by Crippen LogP contribution is -2.30. The van der Waals surface area contributed by atoms with Crippen LogP contribution in [0.25, 0.3) is 0 Å². The molecule has 0 radical (unpaired) electrons. The predicted molar refractivity (Wildman–Crippen MR) is 77.5 cm³/mol. The normalized spacial score (nSPS) is 15.1. The molecule has 0 unspecified atom stereocenters. The van der Waals surface area contributed by atoms with E-state index in [-0.39, 0.29) is 0 Å². The van der Waals surface area contributed by atoms with Crippen LogP contribution in [0, 0.1) is 0 Å². The molecule has 20 heavy (non-hydrogen) atoms. The van der Waals surface area contributed by atoms with Crippen molar-refractivity contribution in [3.8, 4) is 0 Å². The van der Waals surface area contributed by atoms with Gasteiger partial charge in [-0.2, -0.15) is 10.1 Å². The predicted octanol–water partition coefficient (Wildman–Crippen LogP) is 1.87. The molecule has 1 N–H and O–H groups in total. The highest BCUT2D eigenvalue weighted by atomic mass is 15.3. The number of hydrogen-bond donors (Lipinski definition) is 1. The molecule has 6 nitrogen and oxygen atoms in total. The lowest BCUT2D eigenvalue weighted by molar-refractivity contribution is 0.572. The summed E-state index contributed by atoms with van der Waals surface area (Å²) in [5, 5.41) is 11.3. The summed E-state index contributed by atoms with van der Waals surface area (Å²) in [5.74, 6) is 1.49. The first kappa shape index (κ1) is 12.8. The first-order chi connectivity index (χ1) is 9.92. The van der Waals surface area contributed by atoms with Gasteiger partial charge < -0.3 is 10.2 Å². The first-order valence-electron chi connectivity index (χ1n) is 6.99. The zero-order chi connectivity index (χ0) is 13.6. The van der Waals surface area contributed by atoms with Crippen molar-refractivity contribution >= 4 is 11.8 Å². The molecule has 0 saturated carbocycles. The van der Waals surface area contributed by atoms with Crippen molar-refractivity contribution in [2.24, 2.45) is 0 Å². The lowest BCUT2D eigenvalue weighted by Gasteiger charge is -2.27. The Morgan fingerprint density at radius 1 is 1.10 bits per heavy atom. The molecular weight excluding hydrogens is 252 g/mol. The van der Waals surface area contributed by atoms with Crippen molar-refractivity contribution in [2.45, 2.75) is 25.8 Å². The molecule has 2 aromatic rings. The van der Waals surface area contributed by atoms with Gasteiger partial charge in [-0.05, 0) is 37.0 Å². The van der Waals surface area contributed by atoms with E-state index < -0.39 is 0 Å². The minimum Gasteiger partial charge on any atom is -0.355 e. The number of pyridine rings is 1. The van der Waals surface area contributed by atoms with E-state index in [4.69, 9.17) is 0 Å². The molecular formula is C14H18N6. The van der Waals surface area contributed by atoms with Gasteiger partial charge in [-0.25, -0.2) is 0 Å². The van der Waals surface area contributed by atoms with E-state index in [0.29, 0.717) is 12.5 Å². The second-order valence-electron chi connectivity index (χ2n) is 4.89. The summed E-state index contributed by atoms with van der Waals surface area (Å²) in [4.78, 5) is 10.8. The summed E-state index contributed by atoms with van der Waals surface area (Å²) >= 11 is 0. The van der Waals surface area contributed by atoms with Gasteiger partial charge in [-0.15, -0.1) is 5.10 Å². The van der Waals surface area contributed by atoms with E-state index in [2.05, 4.69) is 30.4 Å². The SMILES string of the molecule is c1cc(CNc2nncc(N3CCCCC3)n2)ccn1. The van der Waals surface area contributed by atoms with Crippen LogP contribution in [-0.4, -0.2) is 33.3 Å². The van der Waals surface area contributed by atoms with Gasteiger partial charge in [0.15, 0.2) is 5.82 Å². The topological polar surface area (TPSA) is 66.8 Å². The van der Waals surface area contributed by atoms with Crippen LogP contribution in [0.4, 0.5) is 11.8 Å². The molecule has 1 aliphatic rings. The molecule has 0 spiro atoms. The van der Waals surface area contributed by atoms with Crippen LogP contribution in [0.15, 0.2) is 30.7 Å². The molecule has 0 aromatic carbocycles. The van der Waals surface area contributed by atoms with Gasteiger partial charge in [-0.1, -0.05) is 0 Å². The van der Waals surface area contributed by atoms with Gasteiger partial charge in [-0.3, -0.25) is 4.98 Å². The maximum absolute atomic E-state index is 4.54. The third kappa shape index (κ3) is 3.20. The Hall–Kier alpha value is -2.24. The molecule has 1 aliphatic heterocycles. The van der Waals surface area contributed by atoms with E-state index in [9.17, 15) is 0 Å². The molecule has 0 atom stereocenters. The highest BCUT2D eigenvalue weighted by Crippen LogP contribution is 2.17. The van der Waals surface area contributed by atoms with Gasteiger partial charge in [0, 0.05) is 32.0 Å². The van der Waals surface area contributed by atoms with Gasteiger partial charge in [0.05, 0.1) is 6.20 Å². The number of aromatic nitrogens is 4. The Bertz CT molecular complexity index is 538. The molecule has 0 bridgehead atoms. The maximum Gasteiger partial charge on any atom is 0.244 e.